The highest BCUT2D eigenvalue weighted by molar-refractivity contribution is 5.84. The lowest BCUT2D eigenvalue weighted by molar-refractivity contribution is 0.0661. The summed E-state index contributed by atoms with van der Waals surface area (Å²) >= 11 is 0. The molecule has 0 aliphatic rings. The highest BCUT2D eigenvalue weighted by Crippen LogP contribution is 2.14. The number of aromatic nitrogens is 2. The lowest BCUT2D eigenvalue weighted by atomic mass is 10.2. The van der Waals surface area contributed by atoms with Crippen LogP contribution in [0.15, 0.2) is 15.0 Å². The third kappa shape index (κ3) is 3.41. The van der Waals surface area contributed by atoms with Gasteiger partial charge in [-0.2, -0.15) is 4.98 Å². The summed E-state index contributed by atoms with van der Waals surface area (Å²) in [5, 5.41) is 15.8. The molecule has 0 bridgehead atoms. The molecule has 0 radical (unpaired) electrons. The van der Waals surface area contributed by atoms with E-state index >= 15 is 0 Å². The van der Waals surface area contributed by atoms with Crippen molar-refractivity contribution in [3.8, 4) is 0 Å². The number of hydrogen-bond acceptors (Lipinski definition) is 6. The smallest absolute Gasteiger partial charge is 0.371 e. The minimum Gasteiger partial charge on any atom is -0.475 e. The molecule has 7 heteroatoms. The van der Waals surface area contributed by atoms with Crippen molar-refractivity contribution in [3.05, 3.63) is 34.9 Å². The number of carboxylic acids is 1. The zero-order valence-corrected chi connectivity index (χ0v) is 10.8. The predicted molar refractivity (Wildman–Crippen MR) is 64.9 cm³/mol. The summed E-state index contributed by atoms with van der Waals surface area (Å²) in [5.74, 6) is 0.715. The van der Waals surface area contributed by atoms with E-state index in [1.807, 2.05) is 0 Å². The van der Waals surface area contributed by atoms with Crippen LogP contribution in [0, 0.1) is 13.8 Å². The van der Waals surface area contributed by atoms with E-state index in [0.29, 0.717) is 37.0 Å². The van der Waals surface area contributed by atoms with Gasteiger partial charge < -0.3 is 19.4 Å². The van der Waals surface area contributed by atoms with Gasteiger partial charge in [0.05, 0.1) is 0 Å². The van der Waals surface area contributed by atoms with Crippen LogP contribution in [-0.2, 0) is 13.0 Å². The van der Waals surface area contributed by atoms with Crippen LogP contribution in [-0.4, -0.2) is 27.8 Å². The van der Waals surface area contributed by atoms with E-state index in [9.17, 15) is 4.79 Å². The molecule has 0 aliphatic heterocycles. The summed E-state index contributed by atoms with van der Waals surface area (Å²) in [5.41, 5.74) is 0.835. The van der Waals surface area contributed by atoms with E-state index in [1.165, 1.54) is 6.07 Å². The van der Waals surface area contributed by atoms with Gasteiger partial charge in [-0.05, 0) is 13.0 Å². The van der Waals surface area contributed by atoms with Gasteiger partial charge in [0.1, 0.15) is 5.76 Å². The maximum Gasteiger partial charge on any atom is 0.371 e. The minimum absolute atomic E-state index is 0.0388. The number of furan rings is 1. The quantitative estimate of drug-likeness (QED) is 0.759. The van der Waals surface area contributed by atoms with Gasteiger partial charge in [-0.3, -0.25) is 0 Å². The van der Waals surface area contributed by atoms with Crippen molar-refractivity contribution in [1.29, 1.82) is 0 Å². The molecule has 0 aliphatic carbocycles. The second-order valence-electron chi connectivity index (χ2n) is 4.15. The molecular weight excluding hydrogens is 250 g/mol. The maximum absolute atomic E-state index is 10.7. The van der Waals surface area contributed by atoms with Crippen LogP contribution in [0.5, 0.6) is 0 Å². The summed E-state index contributed by atoms with van der Waals surface area (Å²) in [6, 6.07) is 1.53. The molecule has 2 N–H and O–H groups in total. The van der Waals surface area contributed by atoms with Gasteiger partial charge >= 0.3 is 5.97 Å². The second kappa shape index (κ2) is 5.66. The summed E-state index contributed by atoms with van der Waals surface area (Å²) in [6.07, 6.45) is 0.653. The molecule has 0 fully saturated rings. The van der Waals surface area contributed by atoms with E-state index in [2.05, 4.69) is 15.5 Å². The van der Waals surface area contributed by atoms with E-state index in [-0.39, 0.29) is 5.76 Å². The minimum atomic E-state index is -1.06. The van der Waals surface area contributed by atoms with Crippen molar-refractivity contribution in [3.63, 3.8) is 0 Å². The first-order chi connectivity index (χ1) is 9.06. The Bertz CT molecular complexity index is 573. The SMILES string of the molecule is Cc1nc(CCNCc2cc(C(=O)O)oc2C)no1. The van der Waals surface area contributed by atoms with Crippen molar-refractivity contribution in [2.75, 3.05) is 6.54 Å². The largest absolute Gasteiger partial charge is 0.475 e. The lowest BCUT2D eigenvalue weighted by Crippen LogP contribution is -2.17. The average molecular weight is 265 g/mol. The molecule has 0 aromatic carbocycles. The highest BCUT2D eigenvalue weighted by Gasteiger charge is 2.12. The number of rotatable bonds is 6. The van der Waals surface area contributed by atoms with Gasteiger partial charge in [0.25, 0.3) is 0 Å². The maximum atomic E-state index is 10.7. The molecule has 0 saturated heterocycles. The van der Waals surface area contributed by atoms with Gasteiger partial charge in [0.2, 0.25) is 11.7 Å². The van der Waals surface area contributed by atoms with Crippen LogP contribution in [0.3, 0.4) is 0 Å². The lowest BCUT2D eigenvalue weighted by Gasteiger charge is -2.00. The fourth-order valence-corrected chi connectivity index (χ4v) is 1.67. The Labute approximate surface area is 109 Å². The Morgan fingerprint density at radius 2 is 2.26 bits per heavy atom. The average Bonchev–Trinajstić information content (AvgIpc) is 2.92. The van der Waals surface area contributed by atoms with Gasteiger partial charge in [-0.15, -0.1) is 0 Å². The molecule has 0 saturated carbocycles. The fourth-order valence-electron chi connectivity index (χ4n) is 1.67. The molecular formula is C12H15N3O4. The van der Waals surface area contributed by atoms with E-state index in [0.717, 1.165) is 5.56 Å². The Morgan fingerprint density at radius 3 is 2.84 bits per heavy atom. The standard InChI is InChI=1S/C12H15N3O4/c1-7-9(5-10(18-7)12(16)17)6-13-4-3-11-14-8(2)19-15-11/h5,13H,3-4,6H2,1-2H3,(H,16,17). The summed E-state index contributed by atoms with van der Waals surface area (Å²) in [6.45, 7) is 4.70. The molecule has 7 nitrogen and oxygen atoms in total. The van der Waals surface area contributed by atoms with Gasteiger partial charge in [0.15, 0.2) is 5.82 Å². The summed E-state index contributed by atoms with van der Waals surface area (Å²) in [4.78, 5) is 14.8. The summed E-state index contributed by atoms with van der Waals surface area (Å²) in [7, 11) is 0. The molecule has 0 atom stereocenters. The predicted octanol–water partition coefficient (Wildman–Crippen LogP) is 1.31. The number of aryl methyl sites for hydroxylation is 2. The molecule has 19 heavy (non-hydrogen) atoms. The van der Waals surface area contributed by atoms with E-state index in [1.54, 1.807) is 13.8 Å². The van der Waals surface area contributed by atoms with Crippen molar-refractivity contribution < 1.29 is 18.8 Å². The monoisotopic (exact) mass is 265 g/mol. The van der Waals surface area contributed by atoms with Gasteiger partial charge in [-0.25, -0.2) is 4.79 Å². The van der Waals surface area contributed by atoms with Crippen LogP contribution in [0.25, 0.3) is 0 Å². The third-order valence-corrected chi connectivity index (χ3v) is 2.64. The Morgan fingerprint density at radius 1 is 1.47 bits per heavy atom. The van der Waals surface area contributed by atoms with E-state index in [4.69, 9.17) is 14.0 Å². The van der Waals surface area contributed by atoms with Crippen molar-refractivity contribution >= 4 is 5.97 Å². The number of carboxylic acid groups (broad SMARTS) is 1. The van der Waals surface area contributed by atoms with Crippen LogP contribution >= 0.6 is 0 Å². The van der Waals surface area contributed by atoms with Crippen LogP contribution in [0.2, 0.25) is 0 Å². The molecule has 2 rings (SSSR count). The molecule has 2 aromatic rings. The molecule has 0 spiro atoms. The second-order valence-corrected chi connectivity index (χ2v) is 4.15. The topological polar surface area (TPSA) is 101 Å². The molecule has 0 unspecified atom stereocenters. The normalized spacial score (nSPS) is 10.8. The van der Waals surface area contributed by atoms with E-state index < -0.39 is 5.97 Å². The molecule has 102 valence electrons. The third-order valence-electron chi connectivity index (χ3n) is 2.64. The zero-order valence-electron chi connectivity index (χ0n) is 10.8. The van der Waals surface area contributed by atoms with Crippen molar-refractivity contribution in [1.82, 2.24) is 15.5 Å². The zero-order chi connectivity index (χ0) is 13.8. The first-order valence-corrected chi connectivity index (χ1v) is 5.89. The van der Waals surface area contributed by atoms with Crippen LogP contribution in [0.1, 0.15) is 33.6 Å². The molecule has 0 amide bonds. The highest BCUT2D eigenvalue weighted by atomic mass is 16.5. The number of nitrogens with one attached hydrogen (secondary N) is 1. The number of aromatic carboxylic acids is 1. The molecule has 2 aromatic heterocycles. The molecule has 2 heterocycles. The number of carbonyl (C=O) groups is 1. The first-order valence-electron chi connectivity index (χ1n) is 5.89. The van der Waals surface area contributed by atoms with Crippen molar-refractivity contribution in [2.24, 2.45) is 0 Å². The Kier molecular flexibility index (Phi) is 3.96. The Hall–Kier alpha value is -2.15. The van der Waals surface area contributed by atoms with Gasteiger partial charge in [0, 0.05) is 32.0 Å². The van der Waals surface area contributed by atoms with Crippen LogP contribution in [0.4, 0.5) is 0 Å². The van der Waals surface area contributed by atoms with Crippen molar-refractivity contribution in [2.45, 2.75) is 26.8 Å². The number of hydrogen-bond donors (Lipinski definition) is 2. The van der Waals surface area contributed by atoms with Gasteiger partial charge in [-0.1, -0.05) is 5.16 Å². The first kappa shape index (κ1) is 13.3. The number of nitrogens with zero attached hydrogens (tertiary/aromatic N) is 2. The summed E-state index contributed by atoms with van der Waals surface area (Å²) < 4.78 is 9.97. The Balaban J connectivity index is 1.81. The van der Waals surface area contributed by atoms with Crippen LogP contribution < -0.4 is 5.32 Å². The fraction of sp³-hybridized carbons (Fsp3) is 0.417.